The number of nitrogens with one attached hydrogen (secondary N) is 2. The first-order chi connectivity index (χ1) is 9.86. The van der Waals surface area contributed by atoms with Crippen molar-refractivity contribution in [3.63, 3.8) is 0 Å². The fraction of sp³-hybridized carbons (Fsp3) is 0.714. The third-order valence-corrected chi connectivity index (χ3v) is 5.85. The Morgan fingerprint density at radius 3 is 2.62 bits per heavy atom. The monoisotopic (exact) mass is 333 g/mol. The van der Waals surface area contributed by atoms with Crippen molar-refractivity contribution < 1.29 is 8.42 Å². The summed E-state index contributed by atoms with van der Waals surface area (Å²) >= 11 is 1.54. The van der Waals surface area contributed by atoms with E-state index in [1.807, 2.05) is 27.9 Å². The van der Waals surface area contributed by atoms with Crippen molar-refractivity contribution in [3.8, 4) is 0 Å². The molecule has 0 aliphatic carbocycles. The largest absolute Gasteiger partial charge is 0.312 e. The molecule has 0 radical (unpaired) electrons. The highest BCUT2D eigenvalue weighted by molar-refractivity contribution is 7.89. The standard InChI is InChI=1S/C14H27N3O2S2/c1-5-15-11-13-10-14(12(2)20-13)21(18,19)16-8-6-7-9-17(3)4/h10,15-16H,5-9,11H2,1-4H3. The molecule has 5 nitrogen and oxygen atoms in total. The second-order valence-electron chi connectivity index (χ2n) is 5.32. The number of hydrogen-bond donors (Lipinski definition) is 2. The van der Waals surface area contributed by atoms with Crippen LogP contribution in [0.15, 0.2) is 11.0 Å². The van der Waals surface area contributed by atoms with Gasteiger partial charge in [0.2, 0.25) is 10.0 Å². The van der Waals surface area contributed by atoms with Crippen LogP contribution in [-0.2, 0) is 16.6 Å². The number of nitrogens with zero attached hydrogens (tertiary/aromatic N) is 1. The van der Waals surface area contributed by atoms with Gasteiger partial charge >= 0.3 is 0 Å². The Morgan fingerprint density at radius 2 is 2.00 bits per heavy atom. The smallest absolute Gasteiger partial charge is 0.241 e. The van der Waals surface area contributed by atoms with Gasteiger partial charge in [-0.1, -0.05) is 6.92 Å². The minimum Gasteiger partial charge on any atom is -0.312 e. The molecule has 1 rings (SSSR count). The predicted octanol–water partition coefficient (Wildman–Crippen LogP) is 1.79. The summed E-state index contributed by atoms with van der Waals surface area (Å²) in [4.78, 5) is 4.43. The predicted molar refractivity (Wildman–Crippen MR) is 89.4 cm³/mol. The van der Waals surface area contributed by atoms with Crippen LogP contribution in [0.3, 0.4) is 0 Å². The molecule has 2 N–H and O–H groups in total. The zero-order valence-corrected chi connectivity index (χ0v) is 15.0. The van der Waals surface area contributed by atoms with Crippen molar-refractivity contribution in [2.24, 2.45) is 0 Å². The minimum atomic E-state index is -3.38. The highest BCUT2D eigenvalue weighted by atomic mass is 32.2. The summed E-state index contributed by atoms with van der Waals surface area (Å²) in [6, 6.07) is 1.78. The maximum absolute atomic E-state index is 12.3. The highest BCUT2D eigenvalue weighted by Crippen LogP contribution is 2.25. The normalized spacial score (nSPS) is 12.2. The molecule has 0 spiro atoms. The maximum atomic E-state index is 12.3. The molecule has 0 amide bonds. The van der Waals surface area contributed by atoms with Gasteiger partial charge in [-0.05, 0) is 53.0 Å². The lowest BCUT2D eigenvalue weighted by molar-refractivity contribution is 0.394. The molecule has 1 heterocycles. The van der Waals surface area contributed by atoms with E-state index >= 15 is 0 Å². The first-order valence-electron chi connectivity index (χ1n) is 7.31. The average Bonchev–Trinajstić information content (AvgIpc) is 2.77. The fourth-order valence-electron chi connectivity index (χ4n) is 1.96. The van der Waals surface area contributed by atoms with Gasteiger partial charge in [-0.25, -0.2) is 13.1 Å². The van der Waals surface area contributed by atoms with Crippen LogP contribution in [0.1, 0.15) is 29.5 Å². The van der Waals surface area contributed by atoms with Crippen LogP contribution in [-0.4, -0.2) is 47.0 Å². The lowest BCUT2D eigenvalue weighted by Crippen LogP contribution is -2.25. The molecule has 0 aliphatic heterocycles. The van der Waals surface area contributed by atoms with Crippen LogP contribution in [0.2, 0.25) is 0 Å². The van der Waals surface area contributed by atoms with Crippen molar-refractivity contribution in [2.45, 2.75) is 38.1 Å². The van der Waals surface area contributed by atoms with E-state index in [-0.39, 0.29) is 0 Å². The van der Waals surface area contributed by atoms with E-state index in [9.17, 15) is 8.42 Å². The van der Waals surface area contributed by atoms with Gasteiger partial charge in [-0.15, -0.1) is 11.3 Å². The fourth-order valence-corrected chi connectivity index (χ4v) is 4.64. The molecule has 0 fully saturated rings. The quantitative estimate of drug-likeness (QED) is 0.641. The molecule has 0 saturated carbocycles. The van der Waals surface area contributed by atoms with Crippen LogP contribution in [0.4, 0.5) is 0 Å². The van der Waals surface area contributed by atoms with E-state index < -0.39 is 10.0 Å². The van der Waals surface area contributed by atoms with Crippen LogP contribution in [0.25, 0.3) is 0 Å². The van der Waals surface area contributed by atoms with E-state index in [1.165, 1.54) is 0 Å². The van der Waals surface area contributed by atoms with Crippen molar-refractivity contribution in [1.29, 1.82) is 0 Å². The highest BCUT2D eigenvalue weighted by Gasteiger charge is 2.19. The zero-order chi connectivity index (χ0) is 15.9. The lowest BCUT2D eigenvalue weighted by Gasteiger charge is -2.09. The maximum Gasteiger partial charge on any atom is 0.241 e. The second kappa shape index (κ2) is 8.85. The molecular weight excluding hydrogens is 306 g/mol. The molecule has 0 bridgehead atoms. The van der Waals surface area contributed by atoms with Crippen LogP contribution < -0.4 is 10.0 Å². The van der Waals surface area contributed by atoms with Gasteiger partial charge < -0.3 is 10.2 Å². The molecule has 21 heavy (non-hydrogen) atoms. The number of hydrogen-bond acceptors (Lipinski definition) is 5. The number of thiophene rings is 1. The second-order valence-corrected chi connectivity index (χ2v) is 8.40. The summed E-state index contributed by atoms with van der Waals surface area (Å²) in [5, 5.41) is 3.22. The van der Waals surface area contributed by atoms with Gasteiger partial charge in [0.1, 0.15) is 0 Å². The van der Waals surface area contributed by atoms with Gasteiger partial charge in [-0.2, -0.15) is 0 Å². The molecule has 0 saturated heterocycles. The molecule has 122 valence electrons. The first-order valence-corrected chi connectivity index (χ1v) is 9.61. The van der Waals surface area contributed by atoms with Gasteiger partial charge in [-0.3, -0.25) is 0 Å². The van der Waals surface area contributed by atoms with Gasteiger partial charge in [0.15, 0.2) is 0 Å². The summed E-state index contributed by atoms with van der Waals surface area (Å²) in [5.74, 6) is 0. The van der Waals surface area contributed by atoms with Crippen LogP contribution >= 0.6 is 11.3 Å². The Kier molecular flexibility index (Phi) is 7.83. The van der Waals surface area contributed by atoms with Crippen LogP contribution in [0, 0.1) is 6.92 Å². The first kappa shape index (κ1) is 18.6. The number of unbranched alkanes of at least 4 members (excludes halogenated alkanes) is 1. The van der Waals surface area contributed by atoms with E-state index in [0.717, 1.165) is 42.2 Å². The summed E-state index contributed by atoms with van der Waals surface area (Å²) < 4.78 is 27.3. The summed E-state index contributed by atoms with van der Waals surface area (Å²) in [5.41, 5.74) is 0. The number of rotatable bonds is 10. The summed E-state index contributed by atoms with van der Waals surface area (Å²) in [7, 11) is 0.660. The summed E-state index contributed by atoms with van der Waals surface area (Å²) in [6.45, 7) is 6.97. The van der Waals surface area contributed by atoms with Gasteiger partial charge in [0.05, 0.1) is 4.90 Å². The van der Waals surface area contributed by atoms with E-state index in [0.29, 0.717) is 11.4 Å². The average molecular weight is 334 g/mol. The Balaban J connectivity index is 2.55. The van der Waals surface area contributed by atoms with Crippen LogP contribution in [0.5, 0.6) is 0 Å². The Bertz CT molecular complexity index is 524. The third kappa shape index (κ3) is 6.44. The summed E-state index contributed by atoms with van der Waals surface area (Å²) in [6.07, 6.45) is 1.84. The molecule has 0 atom stereocenters. The van der Waals surface area contributed by atoms with Crippen molar-refractivity contribution in [1.82, 2.24) is 14.9 Å². The van der Waals surface area contributed by atoms with E-state index in [1.54, 1.807) is 17.4 Å². The third-order valence-electron chi connectivity index (χ3n) is 3.09. The molecule has 1 aromatic heterocycles. The van der Waals surface area contributed by atoms with E-state index in [4.69, 9.17) is 0 Å². The Hall–Kier alpha value is -0.470. The number of aryl methyl sites for hydroxylation is 1. The molecule has 0 unspecified atom stereocenters. The zero-order valence-electron chi connectivity index (χ0n) is 13.4. The molecule has 1 aromatic rings. The van der Waals surface area contributed by atoms with E-state index in [2.05, 4.69) is 14.9 Å². The Labute approximate surface area is 132 Å². The van der Waals surface area contributed by atoms with Gasteiger partial charge in [0, 0.05) is 22.8 Å². The lowest BCUT2D eigenvalue weighted by atomic mass is 10.3. The molecule has 0 aliphatic rings. The van der Waals surface area contributed by atoms with Crippen molar-refractivity contribution in [3.05, 3.63) is 15.8 Å². The van der Waals surface area contributed by atoms with Gasteiger partial charge in [0.25, 0.3) is 0 Å². The molecule has 0 aromatic carbocycles. The Morgan fingerprint density at radius 1 is 1.29 bits per heavy atom. The minimum absolute atomic E-state index is 0.424. The van der Waals surface area contributed by atoms with Crippen molar-refractivity contribution >= 4 is 21.4 Å². The molecular formula is C14H27N3O2S2. The SMILES string of the molecule is CCNCc1cc(S(=O)(=O)NCCCCN(C)C)c(C)s1. The topological polar surface area (TPSA) is 61.4 Å². The molecule has 7 heteroatoms. The van der Waals surface area contributed by atoms with Crippen molar-refractivity contribution in [2.75, 3.05) is 33.7 Å². The number of sulfonamides is 1.